The Kier molecular flexibility index (Phi) is 2.89. The molecule has 4 aliphatic carbocycles. The molecule has 2 nitrogen and oxygen atoms in total. The van der Waals surface area contributed by atoms with Gasteiger partial charge in [0.05, 0.1) is 6.10 Å². The number of aliphatic hydroxyl groups is 1. The lowest BCUT2D eigenvalue weighted by molar-refractivity contribution is -0.186. The molecule has 0 saturated heterocycles. The van der Waals surface area contributed by atoms with Crippen LogP contribution in [0.15, 0.2) is 12.2 Å². The van der Waals surface area contributed by atoms with Crippen molar-refractivity contribution in [2.45, 2.75) is 71.8 Å². The van der Waals surface area contributed by atoms with Crippen LogP contribution in [0.4, 0.5) is 0 Å². The van der Waals surface area contributed by atoms with Crippen molar-refractivity contribution in [3.05, 3.63) is 12.2 Å². The summed E-state index contributed by atoms with van der Waals surface area (Å²) >= 11 is 0. The molecular weight excluding hydrogens is 272 g/mol. The summed E-state index contributed by atoms with van der Waals surface area (Å²) in [6.45, 7) is 11.1. The van der Waals surface area contributed by atoms with Gasteiger partial charge in [-0.25, -0.2) is 0 Å². The number of aliphatic hydroxyl groups excluding tert-OH is 1. The van der Waals surface area contributed by atoms with Crippen LogP contribution in [-0.4, -0.2) is 17.0 Å². The van der Waals surface area contributed by atoms with Crippen molar-refractivity contribution in [2.75, 3.05) is 0 Å². The molecule has 0 aromatic heterocycles. The van der Waals surface area contributed by atoms with Crippen LogP contribution < -0.4 is 0 Å². The summed E-state index contributed by atoms with van der Waals surface area (Å²) in [5.41, 5.74) is 1.39. The Morgan fingerprint density at radius 3 is 2.55 bits per heavy atom. The van der Waals surface area contributed by atoms with E-state index in [1.807, 2.05) is 0 Å². The second-order valence-electron chi connectivity index (χ2n) is 9.49. The minimum absolute atomic E-state index is 0.0711. The monoisotopic (exact) mass is 302 g/mol. The van der Waals surface area contributed by atoms with Crippen LogP contribution in [0.1, 0.15) is 65.7 Å². The smallest absolute Gasteiger partial charge is 0.138 e. The van der Waals surface area contributed by atoms with Crippen molar-refractivity contribution >= 4 is 5.78 Å². The van der Waals surface area contributed by atoms with Crippen LogP contribution in [0.5, 0.6) is 0 Å². The highest BCUT2D eigenvalue weighted by Crippen LogP contribution is 2.71. The molecule has 0 radical (unpaired) electrons. The zero-order valence-corrected chi connectivity index (χ0v) is 14.3. The first-order chi connectivity index (χ1) is 10.2. The molecular formula is C20H30O2. The van der Waals surface area contributed by atoms with Crippen LogP contribution in [0, 0.1) is 34.0 Å². The second kappa shape index (κ2) is 4.26. The van der Waals surface area contributed by atoms with Gasteiger partial charge in [-0.05, 0) is 55.8 Å². The van der Waals surface area contributed by atoms with Crippen LogP contribution in [0.3, 0.4) is 0 Å². The zero-order valence-electron chi connectivity index (χ0n) is 14.3. The van der Waals surface area contributed by atoms with Crippen molar-refractivity contribution in [3.63, 3.8) is 0 Å². The van der Waals surface area contributed by atoms with Gasteiger partial charge >= 0.3 is 0 Å². The zero-order chi connectivity index (χ0) is 15.9. The predicted molar refractivity (Wildman–Crippen MR) is 87.3 cm³/mol. The van der Waals surface area contributed by atoms with Crippen molar-refractivity contribution < 1.29 is 9.90 Å². The number of carbonyl (C=O) groups excluding carboxylic acids is 1. The Balaban J connectivity index is 1.78. The topological polar surface area (TPSA) is 37.3 Å². The Bertz CT molecular complexity index is 548. The third-order valence-corrected chi connectivity index (χ3v) is 8.48. The van der Waals surface area contributed by atoms with Gasteiger partial charge in [0, 0.05) is 23.2 Å². The Labute approximate surface area is 134 Å². The van der Waals surface area contributed by atoms with Gasteiger partial charge in [0.1, 0.15) is 5.78 Å². The van der Waals surface area contributed by atoms with Crippen LogP contribution in [0.25, 0.3) is 0 Å². The van der Waals surface area contributed by atoms with Crippen LogP contribution in [-0.2, 0) is 4.79 Å². The first-order valence-corrected chi connectivity index (χ1v) is 9.12. The molecule has 0 aromatic rings. The SMILES string of the molecule is C=C1CC23CCC4C(C)(C)C(=O)CCC4(C)C2CCC1C3O. The van der Waals surface area contributed by atoms with Gasteiger partial charge in [0.25, 0.3) is 0 Å². The average molecular weight is 302 g/mol. The maximum absolute atomic E-state index is 12.5. The van der Waals surface area contributed by atoms with E-state index >= 15 is 0 Å². The highest BCUT2D eigenvalue weighted by atomic mass is 16.3. The fourth-order valence-corrected chi connectivity index (χ4v) is 7.42. The largest absolute Gasteiger partial charge is 0.392 e. The van der Waals surface area contributed by atoms with Crippen molar-refractivity contribution in [2.24, 2.45) is 34.0 Å². The average Bonchev–Trinajstić information content (AvgIpc) is 2.59. The molecule has 1 N–H and O–H groups in total. The van der Waals surface area contributed by atoms with Gasteiger partial charge in [-0.1, -0.05) is 32.9 Å². The predicted octanol–water partition coefficient (Wildman–Crippen LogP) is 4.13. The number of Topliss-reactive ketones (excluding diaryl/α,β-unsaturated/α-hetero) is 1. The molecule has 0 amide bonds. The number of rotatable bonds is 0. The van der Waals surface area contributed by atoms with E-state index in [0.717, 1.165) is 38.5 Å². The van der Waals surface area contributed by atoms with Crippen LogP contribution >= 0.6 is 0 Å². The number of ketones is 1. The Morgan fingerprint density at radius 1 is 1.09 bits per heavy atom. The Morgan fingerprint density at radius 2 is 1.82 bits per heavy atom. The molecule has 4 aliphatic rings. The third-order valence-electron chi connectivity index (χ3n) is 8.48. The van der Waals surface area contributed by atoms with E-state index in [1.54, 1.807) is 0 Å². The maximum atomic E-state index is 12.5. The van der Waals surface area contributed by atoms with Gasteiger partial charge in [-0.3, -0.25) is 4.79 Å². The number of hydrogen-bond acceptors (Lipinski definition) is 2. The number of fused-ring (bicyclic) bond motifs is 3. The lowest BCUT2D eigenvalue weighted by Crippen LogP contribution is -2.61. The molecule has 0 aliphatic heterocycles. The van der Waals surface area contributed by atoms with Gasteiger partial charge in [-0.2, -0.15) is 0 Å². The van der Waals surface area contributed by atoms with E-state index in [4.69, 9.17) is 0 Å². The summed E-state index contributed by atoms with van der Waals surface area (Å²) in [6.07, 6.45) is 7.11. The van der Waals surface area contributed by atoms with Gasteiger partial charge in [0.2, 0.25) is 0 Å². The highest BCUT2D eigenvalue weighted by molar-refractivity contribution is 5.85. The molecule has 6 atom stereocenters. The lowest BCUT2D eigenvalue weighted by atomic mass is 9.40. The van der Waals surface area contributed by atoms with E-state index in [9.17, 15) is 9.90 Å². The molecule has 2 bridgehead atoms. The second-order valence-corrected chi connectivity index (χ2v) is 9.49. The quantitative estimate of drug-likeness (QED) is 0.683. The molecule has 4 fully saturated rings. The molecule has 1 spiro atoms. The minimum atomic E-state index is -0.188. The number of hydrogen-bond donors (Lipinski definition) is 1. The Hall–Kier alpha value is -0.630. The summed E-state index contributed by atoms with van der Waals surface area (Å²) < 4.78 is 0. The molecule has 22 heavy (non-hydrogen) atoms. The summed E-state index contributed by atoms with van der Waals surface area (Å²) in [6, 6.07) is 0. The lowest BCUT2D eigenvalue weighted by Gasteiger charge is -2.64. The van der Waals surface area contributed by atoms with Crippen molar-refractivity contribution in [1.29, 1.82) is 0 Å². The molecule has 0 heterocycles. The molecule has 4 saturated carbocycles. The van der Waals surface area contributed by atoms with E-state index in [1.165, 1.54) is 12.0 Å². The van der Waals surface area contributed by atoms with E-state index in [-0.39, 0.29) is 22.3 Å². The van der Waals surface area contributed by atoms with E-state index in [2.05, 4.69) is 27.4 Å². The van der Waals surface area contributed by atoms with E-state index in [0.29, 0.717) is 23.5 Å². The first-order valence-electron chi connectivity index (χ1n) is 9.12. The van der Waals surface area contributed by atoms with Gasteiger partial charge < -0.3 is 5.11 Å². The van der Waals surface area contributed by atoms with Crippen LogP contribution in [0.2, 0.25) is 0 Å². The fourth-order valence-electron chi connectivity index (χ4n) is 7.42. The van der Waals surface area contributed by atoms with Gasteiger partial charge in [0.15, 0.2) is 0 Å². The van der Waals surface area contributed by atoms with Crippen molar-refractivity contribution in [3.8, 4) is 0 Å². The summed E-state index contributed by atoms with van der Waals surface area (Å²) in [5, 5.41) is 11.0. The first kappa shape index (κ1) is 14.9. The number of carbonyl (C=O) groups is 1. The molecule has 6 unspecified atom stereocenters. The summed E-state index contributed by atoms with van der Waals surface area (Å²) in [7, 11) is 0. The maximum Gasteiger partial charge on any atom is 0.138 e. The summed E-state index contributed by atoms with van der Waals surface area (Å²) in [5.74, 6) is 1.84. The molecule has 0 aromatic carbocycles. The molecule has 122 valence electrons. The van der Waals surface area contributed by atoms with Gasteiger partial charge in [-0.15, -0.1) is 0 Å². The van der Waals surface area contributed by atoms with Crippen molar-refractivity contribution in [1.82, 2.24) is 0 Å². The third kappa shape index (κ3) is 1.53. The minimum Gasteiger partial charge on any atom is -0.392 e. The normalized spacial score (nSPS) is 53.1. The standard InChI is InChI=1S/C20H30O2/c1-12-11-20-10-7-14-18(2,3)16(21)8-9-19(14,4)15(20)6-5-13(12)17(20)22/h13-15,17,22H,1,5-11H2,2-4H3. The highest BCUT2D eigenvalue weighted by Gasteiger charge is 2.67. The van der Waals surface area contributed by atoms with E-state index < -0.39 is 0 Å². The molecule has 4 rings (SSSR count). The molecule has 2 heteroatoms. The summed E-state index contributed by atoms with van der Waals surface area (Å²) in [4.78, 5) is 12.5. The fraction of sp³-hybridized carbons (Fsp3) is 0.850.